The molecule has 3 aliphatic carbocycles. The molecule has 2 bridgehead atoms. The van der Waals surface area contributed by atoms with Crippen LogP contribution in [0.2, 0.25) is 5.02 Å². The van der Waals surface area contributed by atoms with Gasteiger partial charge in [-0.25, -0.2) is 27.2 Å². The second kappa shape index (κ2) is 14.8. The molecule has 0 unspecified atom stereocenters. The summed E-state index contributed by atoms with van der Waals surface area (Å²) in [5.41, 5.74) is -3.42. The topological polar surface area (TPSA) is 162 Å². The van der Waals surface area contributed by atoms with Gasteiger partial charge in [0.25, 0.3) is 5.92 Å². The van der Waals surface area contributed by atoms with Crippen molar-refractivity contribution in [3.63, 3.8) is 0 Å². The van der Waals surface area contributed by atoms with Gasteiger partial charge in [0, 0.05) is 29.7 Å². The first-order valence-electron chi connectivity index (χ1n) is 19.9. The smallest absolute Gasteiger partial charge is 0.306 e. The molecule has 8 atom stereocenters. The number of carbonyl (C=O) groups excluding carboxylic acids is 4. The van der Waals surface area contributed by atoms with Crippen molar-refractivity contribution in [1.29, 1.82) is 0 Å². The van der Waals surface area contributed by atoms with Crippen LogP contribution in [0.15, 0.2) is 18.2 Å². The lowest BCUT2D eigenvalue weighted by atomic mass is 9.77. The van der Waals surface area contributed by atoms with E-state index in [1.54, 1.807) is 20.8 Å². The number of carbonyl (C=O) groups is 4. The second-order valence-electron chi connectivity index (χ2n) is 18.4. The Morgan fingerprint density at radius 3 is 2.40 bits per heavy atom. The molecule has 5 aliphatic rings. The zero-order valence-corrected chi connectivity index (χ0v) is 34.6. The number of sulfonamides is 1. The van der Waals surface area contributed by atoms with E-state index >= 15 is 8.78 Å². The minimum absolute atomic E-state index is 0.0160. The Morgan fingerprint density at radius 1 is 1.05 bits per heavy atom. The van der Waals surface area contributed by atoms with Gasteiger partial charge in [0.05, 0.1) is 46.1 Å². The number of amides is 2. The number of hydrogen-bond acceptors (Lipinski definition) is 10. The van der Waals surface area contributed by atoms with E-state index in [1.807, 2.05) is 4.72 Å². The summed E-state index contributed by atoms with van der Waals surface area (Å²) >= 11 is 6.21. The molecule has 2 amide bonds. The molecule has 2 aliphatic heterocycles. The van der Waals surface area contributed by atoms with E-state index in [0.717, 1.165) is 0 Å². The van der Waals surface area contributed by atoms with Crippen molar-refractivity contribution in [3.05, 3.63) is 28.9 Å². The minimum Gasteiger partial charge on any atom is -0.471 e. The Bertz CT molecular complexity index is 2130. The third kappa shape index (κ3) is 8.14. The maximum atomic E-state index is 16.2. The number of rotatable bonds is 7. The molecule has 4 fully saturated rings. The molecule has 1 aromatic heterocycles. The molecule has 58 heavy (non-hydrogen) atoms. The number of nitrogens with one attached hydrogen (secondary N) is 1. The van der Waals surface area contributed by atoms with Crippen LogP contribution in [-0.4, -0.2) is 82.8 Å². The number of ketones is 1. The van der Waals surface area contributed by atoms with E-state index in [-0.39, 0.29) is 54.2 Å². The van der Waals surface area contributed by atoms with Crippen LogP contribution in [0.4, 0.5) is 17.6 Å². The minimum atomic E-state index is -4.26. The van der Waals surface area contributed by atoms with Crippen LogP contribution in [-0.2, 0) is 39.9 Å². The maximum absolute atomic E-state index is 16.2. The molecule has 1 saturated heterocycles. The van der Waals surface area contributed by atoms with Crippen LogP contribution in [0.25, 0.3) is 11.0 Å². The number of alkyl halides is 4. The standard InChI is InChI=1S/C40H49ClF4N4O8S/c1-20-29-19-49(31(20)27(50)18-39(17-24(39)33(42)43)36(53)48-58(54,55)38(5)12-13-38)35(52)23(37(2,3)4)16-30(51)56-28-14-21(28)8-6-7-11-40(44,45)32-34(57-29)47-26-15-22(41)9-10-25(26)46-32/h9-10,15,20-21,23-24,28-29,31,33H,6-8,11-14,16-19H2,1-5H3,(H,48,53)/t20-,21-,23-,24+,28-,29+,31+,39-/m1/s1. The number of Topliss-reactive ketones (excluding diaryl/α,β-unsaturated/α-hetero) is 1. The van der Waals surface area contributed by atoms with Crippen LogP contribution >= 0.6 is 11.6 Å². The molecular formula is C40H49ClF4N4O8S. The van der Waals surface area contributed by atoms with Crippen molar-refractivity contribution in [3.8, 4) is 5.88 Å². The number of aromatic nitrogens is 2. The van der Waals surface area contributed by atoms with Crippen LogP contribution in [0.3, 0.4) is 0 Å². The summed E-state index contributed by atoms with van der Waals surface area (Å²) in [4.78, 5) is 66.2. The molecule has 0 spiro atoms. The largest absolute Gasteiger partial charge is 0.471 e. The summed E-state index contributed by atoms with van der Waals surface area (Å²) in [6, 6.07) is 2.91. The molecule has 2 aromatic rings. The van der Waals surface area contributed by atoms with Gasteiger partial charge in [0.1, 0.15) is 12.2 Å². The van der Waals surface area contributed by atoms with Crippen LogP contribution in [0, 0.1) is 34.5 Å². The maximum Gasteiger partial charge on any atom is 0.306 e. The van der Waals surface area contributed by atoms with E-state index in [0.29, 0.717) is 19.3 Å². The monoisotopic (exact) mass is 856 g/mol. The summed E-state index contributed by atoms with van der Waals surface area (Å²) in [7, 11) is -4.26. The van der Waals surface area contributed by atoms with Gasteiger partial charge in [0.2, 0.25) is 34.1 Å². The van der Waals surface area contributed by atoms with Crippen LogP contribution in [0.5, 0.6) is 5.88 Å². The quantitative estimate of drug-likeness (QED) is 0.233. The van der Waals surface area contributed by atoms with Crippen molar-refractivity contribution < 1.29 is 54.6 Å². The van der Waals surface area contributed by atoms with E-state index in [1.165, 1.54) is 36.9 Å². The zero-order chi connectivity index (χ0) is 42.3. The molecule has 3 saturated carbocycles. The van der Waals surface area contributed by atoms with Gasteiger partial charge in [-0.15, -0.1) is 0 Å². The highest BCUT2D eigenvalue weighted by Gasteiger charge is 2.67. The van der Waals surface area contributed by atoms with Crippen molar-refractivity contribution in [2.45, 2.75) is 134 Å². The highest BCUT2D eigenvalue weighted by atomic mass is 35.5. The van der Waals surface area contributed by atoms with E-state index in [4.69, 9.17) is 21.1 Å². The van der Waals surface area contributed by atoms with Crippen molar-refractivity contribution in [1.82, 2.24) is 19.6 Å². The van der Waals surface area contributed by atoms with Crippen molar-refractivity contribution in [2.75, 3.05) is 6.54 Å². The second-order valence-corrected chi connectivity index (χ2v) is 21.0. The molecule has 0 radical (unpaired) electrons. The first kappa shape index (κ1) is 42.5. The first-order chi connectivity index (χ1) is 27.0. The molecule has 1 N–H and O–H groups in total. The Morgan fingerprint density at radius 2 is 1.76 bits per heavy atom. The van der Waals surface area contributed by atoms with Gasteiger partial charge in [0.15, 0.2) is 11.5 Å². The summed E-state index contributed by atoms with van der Waals surface area (Å²) in [5, 5.41) is 0.259. The molecule has 18 heteroatoms. The number of nitrogens with zero attached hydrogens (tertiary/aromatic N) is 3. The van der Waals surface area contributed by atoms with Crippen molar-refractivity contribution in [2.24, 2.45) is 34.5 Å². The Hall–Kier alpha value is -3.60. The lowest BCUT2D eigenvalue weighted by Crippen LogP contribution is -2.50. The summed E-state index contributed by atoms with van der Waals surface area (Å²) in [6.45, 7) is 7.80. The molecule has 3 heterocycles. The highest BCUT2D eigenvalue weighted by molar-refractivity contribution is 7.91. The van der Waals surface area contributed by atoms with Crippen molar-refractivity contribution >= 4 is 56.2 Å². The molecule has 318 valence electrons. The average Bonchev–Trinajstić information content (AvgIpc) is 4.07. The summed E-state index contributed by atoms with van der Waals surface area (Å²) in [5.74, 6) is -11.1. The Labute approximate surface area is 339 Å². The lowest BCUT2D eigenvalue weighted by Gasteiger charge is -2.35. The predicted octanol–water partition coefficient (Wildman–Crippen LogP) is 6.76. The number of halogens is 5. The Balaban J connectivity index is 1.28. The number of hydrogen-bond donors (Lipinski definition) is 1. The van der Waals surface area contributed by atoms with E-state index in [2.05, 4.69) is 9.97 Å². The number of ether oxygens (including phenoxy) is 2. The molecular weight excluding hydrogens is 808 g/mol. The number of benzene rings is 1. The molecule has 12 nitrogen and oxygen atoms in total. The lowest BCUT2D eigenvalue weighted by molar-refractivity contribution is -0.154. The van der Waals surface area contributed by atoms with Crippen LogP contribution < -0.4 is 9.46 Å². The van der Waals surface area contributed by atoms with E-state index < -0.39 is 128 Å². The Kier molecular flexibility index (Phi) is 10.9. The molecule has 1 aromatic carbocycles. The molecule has 7 rings (SSSR count). The fourth-order valence-electron chi connectivity index (χ4n) is 8.58. The fraction of sp³-hybridized carbons (Fsp3) is 0.700. The third-order valence-electron chi connectivity index (χ3n) is 13.0. The van der Waals surface area contributed by atoms with Gasteiger partial charge in [-0.05, 0) is 75.0 Å². The summed E-state index contributed by atoms with van der Waals surface area (Å²) in [6.07, 6.45) is -4.74. The van der Waals surface area contributed by atoms with Gasteiger partial charge in [-0.1, -0.05) is 45.7 Å². The third-order valence-corrected chi connectivity index (χ3v) is 15.4. The zero-order valence-electron chi connectivity index (χ0n) is 33.0. The van der Waals surface area contributed by atoms with Gasteiger partial charge >= 0.3 is 5.97 Å². The average molecular weight is 857 g/mol. The van der Waals surface area contributed by atoms with Gasteiger partial charge in [-0.3, -0.25) is 23.9 Å². The van der Waals surface area contributed by atoms with Gasteiger partial charge in [-0.2, -0.15) is 8.78 Å². The van der Waals surface area contributed by atoms with Gasteiger partial charge < -0.3 is 14.4 Å². The fourth-order valence-corrected chi connectivity index (χ4v) is 10.1. The number of fused-ring (bicyclic) bond motifs is 5. The summed E-state index contributed by atoms with van der Waals surface area (Å²) < 4.78 is 99.8. The van der Waals surface area contributed by atoms with Crippen LogP contribution in [0.1, 0.15) is 105 Å². The first-order valence-corrected chi connectivity index (χ1v) is 21.7. The van der Waals surface area contributed by atoms with E-state index in [9.17, 15) is 36.4 Å². The number of esters is 1. The predicted molar refractivity (Wildman–Crippen MR) is 202 cm³/mol. The highest BCUT2D eigenvalue weighted by Crippen LogP contribution is 2.59. The SMILES string of the molecule is C[C@@H]1[C@@H]2CN(C(=O)[C@H](C(C)(C)C)CC(=O)O[C@@H]3C[C@H]3CCCCC(F)(F)c3nc4ccc(Cl)cc4nc3O2)[C@@H]1C(=O)C[C@]1(C(=O)NS(=O)(=O)C2(C)CC2)C[C@H]1C(F)F. The normalized spacial score (nSPS) is 32.3.